The number of ether oxygens (including phenoxy) is 1. The third kappa shape index (κ3) is 2.20. The SMILES string of the molecule is Clc1ccccc1C1COc2cc(Br)ccc2N1. The molecule has 1 aliphatic rings. The van der Waals surface area contributed by atoms with Gasteiger partial charge in [-0.3, -0.25) is 0 Å². The van der Waals surface area contributed by atoms with Crippen molar-refractivity contribution < 1.29 is 4.74 Å². The summed E-state index contributed by atoms with van der Waals surface area (Å²) in [5.74, 6) is 0.868. The summed E-state index contributed by atoms with van der Waals surface area (Å²) in [5, 5.41) is 4.21. The molecule has 2 nitrogen and oxygen atoms in total. The summed E-state index contributed by atoms with van der Waals surface area (Å²) in [6, 6.07) is 13.9. The van der Waals surface area contributed by atoms with Gasteiger partial charge in [0.1, 0.15) is 12.4 Å². The Hall–Kier alpha value is -1.19. The molecule has 0 aromatic heterocycles. The Bertz CT molecular complexity index is 588. The summed E-state index contributed by atoms with van der Waals surface area (Å²) in [6.45, 7) is 0.577. The van der Waals surface area contributed by atoms with Crippen LogP contribution in [0, 0.1) is 0 Å². The molecule has 92 valence electrons. The fraction of sp³-hybridized carbons (Fsp3) is 0.143. The number of nitrogens with one attached hydrogen (secondary N) is 1. The zero-order valence-electron chi connectivity index (χ0n) is 9.49. The Morgan fingerprint density at radius 1 is 1.22 bits per heavy atom. The summed E-state index contributed by atoms with van der Waals surface area (Å²) in [5.41, 5.74) is 2.06. The highest BCUT2D eigenvalue weighted by atomic mass is 79.9. The third-order valence-corrected chi connectivity index (χ3v) is 3.80. The van der Waals surface area contributed by atoms with Crippen molar-refractivity contribution in [1.82, 2.24) is 0 Å². The lowest BCUT2D eigenvalue weighted by atomic mass is 10.1. The second kappa shape index (κ2) is 4.82. The van der Waals surface area contributed by atoms with Gasteiger partial charge in [0.15, 0.2) is 0 Å². The quantitative estimate of drug-likeness (QED) is 0.824. The predicted octanol–water partition coefficient (Wildman–Crippen LogP) is 4.65. The number of hydrogen-bond acceptors (Lipinski definition) is 2. The molecule has 1 unspecified atom stereocenters. The number of anilines is 1. The van der Waals surface area contributed by atoms with Gasteiger partial charge in [-0.2, -0.15) is 0 Å². The minimum atomic E-state index is 0.0902. The monoisotopic (exact) mass is 323 g/mol. The lowest BCUT2D eigenvalue weighted by Gasteiger charge is -2.28. The van der Waals surface area contributed by atoms with Crippen molar-refractivity contribution >= 4 is 33.2 Å². The molecule has 4 heteroatoms. The van der Waals surface area contributed by atoms with Gasteiger partial charge in [0.05, 0.1) is 11.7 Å². The van der Waals surface area contributed by atoms with E-state index in [4.69, 9.17) is 16.3 Å². The molecule has 2 aromatic rings. The van der Waals surface area contributed by atoms with E-state index in [9.17, 15) is 0 Å². The number of hydrogen-bond donors (Lipinski definition) is 1. The fourth-order valence-corrected chi connectivity index (χ4v) is 2.67. The van der Waals surface area contributed by atoms with Gasteiger partial charge < -0.3 is 10.1 Å². The van der Waals surface area contributed by atoms with Crippen molar-refractivity contribution in [1.29, 1.82) is 0 Å². The van der Waals surface area contributed by atoms with E-state index >= 15 is 0 Å². The molecule has 0 saturated carbocycles. The first-order valence-corrected chi connectivity index (χ1v) is 6.84. The highest BCUT2D eigenvalue weighted by Gasteiger charge is 2.21. The minimum Gasteiger partial charge on any atom is -0.489 e. The van der Waals surface area contributed by atoms with Crippen molar-refractivity contribution in [2.75, 3.05) is 11.9 Å². The minimum absolute atomic E-state index is 0.0902. The molecule has 0 fully saturated rings. The second-order valence-corrected chi connectivity index (χ2v) is 5.49. The van der Waals surface area contributed by atoms with Crippen LogP contribution in [0.2, 0.25) is 5.02 Å². The molecule has 2 aromatic carbocycles. The summed E-state index contributed by atoms with van der Waals surface area (Å²) in [4.78, 5) is 0. The first-order chi connectivity index (χ1) is 8.74. The van der Waals surface area contributed by atoms with Crippen molar-refractivity contribution in [3.63, 3.8) is 0 Å². The van der Waals surface area contributed by atoms with Gasteiger partial charge in [-0.25, -0.2) is 0 Å². The molecule has 0 spiro atoms. The maximum atomic E-state index is 6.21. The molecule has 0 bridgehead atoms. The van der Waals surface area contributed by atoms with Crippen molar-refractivity contribution in [2.45, 2.75) is 6.04 Å². The highest BCUT2D eigenvalue weighted by molar-refractivity contribution is 9.10. The molecule has 3 rings (SSSR count). The second-order valence-electron chi connectivity index (χ2n) is 4.17. The van der Waals surface area contributed by atoms with Crippen molar-refractivity contribution in [2.24, 2.45) is 0 Å². The summed E-state index contributed by atoms with van der Waals surface area (Å²) in [7, 11) is 0. The summed E-state index contributed by atoms with van der Waals surface area (Å²) in [6.07, 6.45) is 0. The molecule has 1 aliphatic heterocycles. The van der Waals surface area contributed by atoms with Crippen LogP contribution in [0.25, 0.3) is 0 Å². The topological polar surface area (TPSA) is 21.3 Å². The average Bonchev–Trinajstić information content (AvgIpc) is 2.39. The molecule has 1 N–H and O–H groups in total. The maximum absolute atomic E-state index is 6.21. The van der Waals surface area contributed by atoms with Crippen LogP contribution in [0.15, 0.2) is 46.9 Å². The average molecular weight is 325 g/mol. The van der Waals surface area contributed by atoms with Crippen LogP contribution in [0.5, 0.6) is 5.75 Å². The van der Waals surface area contributed by atoms with Gasteiger partial charge in [0.25, 0.3) is 0 Å². The Balaban J connectivity index is 1.92. The van der Waals surface area contributed by atoms with Crippen LogP contribution in [0.1, 0.15) is 11.6 Å². The van der Waals surface area contributed by atoms with E-state index in [1.54, 1.807) is 0 Å². The first-order valence-electron chi connectivity index (χ1n) is 5.67. The Kier molecular flexibility index (Phi) is 3.18. The van der Waals surface area contributed by atoms with Crippen LogP contribution in [0.3, 0.4) is 0 Å². The molecule has 1 atom stereocenters. The Morgan fingerprint density at radius 2 is 2.06 bits per heavy atom. The van der Waals surface area contributed by atoms with E-state index in [0.717, 1.165) is 26.5 Å². The molecular weight excluding hydrogens is 314 g/mol. The standard InChI is InChI=1S/C14H11BrClNO/c15-9-5-6-12-14(7-9)18-8-13(17-12)10-3-1-2-4-11(10)16/h1-7,13,17H,8H2. The molecule has 0 radical (unpaired) electrons. The van der Waals surface area contributed by atoms with E-state index < -0.39 is 0 Å². The van der Waals surface area contributed by atoms with Crippen LogP contribution in [-0.2, 0) is 0 Å². The highest BCUT2D eigenvalue weighted by Crippen LogP contribution is 2.37. The van der Waals surface area contributed by atoms with Crippen molar-refractivity contribution in [3.8, 4) is 5.75 Å². The van der Waals surface area contributed by atoms with Crippen LogP contribution in [0.4, 0.5) is 5.69 Å². The summed E-state index contributed by atoms with van der Waals surface area (Å²) < 4.78 is 6.79. The lowest BCUT2D eigenvalue weighted by molar-refractivity contribution is 0.286. The lowest BCUT2D eigenvalue weighted by Crippen LogP contribution is -2.24. The third-order valence-electron chi connectivity index (χ3n) is 2.96. The van der Waals surface area contributed by atoms with E-state index in [2.05, 4.69) is 21.2 Å². The Labute approximate surface area is 119 Å². The first kappa shape index (κ1) is 11.9. The fourth-order valence-electron chi connectivity index (χ4n) is 2.06. The molecular formula is C14H11BrClNO. The smallest absolute Gasteiger partial charge is 0.143 e. The molecule has 0 aliphatic carbocycles. The number of fused-ring (bicyclic) bond motifs is 1. The number of rotatable bonds is 1. The van der Waals surface area contributed by atoms with Gasteiger partial charge in [0.2, 0.25) is 0 Å². The van der Waals surface area contributed by atoms with E-state index in [0.29, 0.717) is 6.61 Å². The molecule has 1 heterocycles. The van der Waals surface area contributed by atoms with Gasteiger partial charge in [-0.15, -0.1) is 0 Å². The molecule has 0 saturated heterocycles. The van der Waals surface area contributed by atoms with Crippen LogP contribution in [-0.4, -0.2) is 6.61 Å². The normalized spacial score (nSPS) is 17.6. The van der Waals surface area contributed by atoms with Gasteiger partial charge in [-0.1, -0.05) is 45.7 Å². The zero-order chi connectivity index (χ0) is 12.5. The van der Waals surface area contributed by atoms with E-state index in [-0.39, 0.29) is 6.04 Å². The van der Waals surface area contributed by atoms with Gasteiger partial charge >= 0.3 is 0 Å². The van der Waals surface area contributed by atoms with E-state index in [1.165, 1.54) is 0 Å². The largest absolute Gasteiger partial charge is 0.489 e. The van der Waals surface area contributed by atoms with Gasteiger partial charge in [-0.05, 0) is 29.8 Å². The predicted molar refractivity (Wildman–Crippen MR) is 77.5 cm³/mol. The number of halogens is 2. The molecule has 0 amide bonds. The van der Waals surface area contributed by atoms with Crippen LogP contribution < -0.4 is 10.1 Å². The van der Waals surface area contributed by atoms with Gasteiger partial charge in [0, 0.05) is 9.50 Å². The summed E-state index contributed by atoms with van der Waals surface area (Å²) >= 11 is 9.64. The van der Waals surface area contributed by atoms with Crippen LogP contribution >= 0.6 is 27.5 Å². The maximum Gasteiger partial charge on any atom is 0.143 e. The zero-order valence-corrected chi connectivity index (χ0v) is 11.8. The Morgan fingerprint density at radius 3 is 2.89 bits per heavy atom. The number of benzene rings is 2. The van der Waals surface area contributed by atoms with E-state index in [1.807, 2.05) is 42.5 Å². The van der Waals surface area contributed by atoms with Crippen molar-refractivity contribution in [3.05, 3.63) is 57.5 Å². The molecule has 18 heavy (non-hydrogen) atoms.